The number of rotatable bonds is 5. The number of nitrogens with zero attached hydrogens (tertiary/aromatic N) is 1. The van der Waals surface area contributed by atoms with Gasteiger partial charge in [-0.2, -0.15) is 0 Å². The maximum absolute atomic E-state index is 5.96. The molecular weight excluding hydrogens is 252 g/mol. The number of aromatic nitrogens is 1. The number of pyridine rings is 1. The molecule has 2 rings (SSSR count). The maximum Gasteiger partial charge on any atom is 0.128 e. The minimum atomic E-state index is -0.220. The fraction of sp³-hybridized carbons (Fsp3) is 0.267. The molecule has 0 saturated carbocycles. The predicted molar refractivity (Wildman–Crippen MR) is 80.2 cm³/mol. The first-order valence-corrected chi connectivity index (χ1v) is 6.56. The fourth-order valence-electron chi connectivity index (χ4n) is 2.15. The van der Waals surface area contributed by atoms with E-state index >= 15 is 0 Å². The van der Waals surface area contributed by atoms with E-state index in [-0.39, 0.29) is 6.04 Å². The van der Waals surface area contributed by atoms with Crippen molar-refractivity contribution in [2.45, 2.75) is 19.9 Å². The van der Waals surface area contributed by atoms with Crippen LogP contribution in [0.15, 0.2) is 36.5 Å². The first kappa shape index (κ1) is 14.3. The minimum Gasteiger partial charge on any atom is -0.494 e. The summed E-state index contributed by atoms with van der Waals surface area (Å²) < 4.78 is 5.52. The third kappa shape index (κ3) is 3.07. The Morgan fingerprint density at radius 2 is 2.15 bits per heavy atom. The highest BCUT2D eigenvalue weighted by molar-refractivity contribution is 5.48. The van der Waals surface area contributed by atoms with Crippen LogP contribution in [0.1, 0.15) is 29.7 Å². The van der Waals surface area contributed by atoms with Crippen molar-refractivity contribution < 1.29 is 4.74 Å². The number of hydrogen-bond acceptors (Lipinski definition) is 5. The van der Waals surface area contributed by atoms with Gasteiger partial charge in [-0.3, -0.25) is 5.84 Å². The number of hydrogen-bond donors (Lipinski definition) is 3. The molecule has 1 unspecified atom stereocenters. The summed E-state index contributed by atoms with van der Waals surface area (Å²) in [5, 5.41) is 0. The molecule has 1 atom stereocenters. The van der Waals surface area contributed by atoms with Crippen LogP contribution < -0.4 is 21.7 Å². The minimum absolute atomic E-state index is 0.220. The second kappa shape index (κ2) is 6.36. The van der Waals surface area contributed by atoms with Crippen molar-refractivity contribution in [3.8, 4) is 5.75 Å². The Morgan fingerprint density at radius 3 is 2.85 bits per heavy atom. The zero-order valence-electron chi connectivity index (χ0n) is 11.8. The van der Waals surface area contributed by atoms with E-state index in [1.807, 2.05) is 44.2 Å². The summed E-state index contributed by atoms with van der Waals surface area (Å²) in [6, 6.07) is 9.55. The van der Waals surface area contributed by atoms with Crippen LogP contribution in [0.25, 0.3) is 0 Å². The first-order chi connectivity index (χ1) is 9.65. The topological polar surface area (TPSA) is 86.2 Å². The highest BCUT2D eigenvalue weighted by Gasteiger charge is 2.16. The highest BCUT2D eigenvalue weighted by Crippen LogP contribution is 2.27. The zero-order chi connectivity index (χ0) is 14.5. The molecule has 0 fully saturated rings. The Balaban J connectivity index is 2.41. The molecule has 1 aromatic heterocycles. The van der Waals surface area contributed by atoms with Gasteiger partial charge >= 0.3 is 0 Å². The molecule has 5 nitrogen and oxygen atoms in total. The van der Waals surface area contributed by atoms with Crippen LogP contribution >= 0.6 is 0 Å². The van der Waals surface area contributed by atoms with E-state index < -0.39 is 0 Å². The first-order valence-electron chi connectivity index (χ1n) is 6.56. The second-order valence-corrected chi connectivity index (χ2v) is 4.59. The fourth-order valence-corrected chi connectivity index (χ4v) is 2.15. The maximum atomic E-state index is 5.96. The van der Waals surface area contributed by atoms with E-state index in [0.717, 1.165) is 22.4 Å². The van der Waals surface area contributed by atoms with Crippen molar-refractivity contribution in [2.24, 2.45) is 5.84 Å². The lowest BCUT2D eigenvalue weighted by atomic mass is 9.98. The number of nitrogens with two attached hydrogens (primary N) is 2. The van der Waals surface area contributed by atoms with Crippen molar-refractivity contribution >= 4 is 5.82 Å². The molecule has 106 valence electrons. The van der Waals surface area contributed by atoms with Crippen LogP contribution in [0.5, 0.6) is 5.75 Å². The summed E-state index contributed by atoms with van der Waals surface area (Å²) >= 11 is 0. The van der Waals surface area contributed by atoms with Gasteiger partial charge in [0.1, 0.15) is 11.6 Å². The smallest absolute Gasteiger partial charge is 0.128 e. The van der Waals surface area contributed by atoms with Crippen LogP contribution in [0, 0.1) is 6.92 Å². The van der Waals surface area contributed by atoms with Gasteiger partial charge in [-0.05, 0) is 43.2 Å². The van der Waals surface area contributed by atoms with Gasteiger partial charge in [0.15, 0.2) is 0 Å². The molecule has 20 heavy (non-hydrogen) atoms. The summed E-state index contributed by atoms with van der Waals surface area (Å²) in [6.45, 7) is 4.55. The van der Waals surface area contributed by atoms with Gasteiger partial charge in [0, 0.05) is 11.8 Å². The number of aryl methyl sites for hydroxylation is 1. The van der Waals surface area contributed by atoms with Gasteiger partial charge in [-0.1, -0.05) is 12.1 Å². The molecule has 5 N–H and O–H groups in total. The lowest BCUT2D eigenvalue weighted by Crippen LogP contribution is -2.29. The highest BCUT2D eigenvalue weighted by atomic mass is 16.5. The van der Waals surface area contributed by atoms with Crippen LogP contribution in [-0.4, -0.2) is 11.6 Å². The van der Waals surface area contributed by atoms with Crippen molar-refractivity contribution in [1.29, 1.82) is 0 Å². The van der Waals surface area contributed by atoms with Gasteiger partial charge in [-0.25, -0.2) is 10.4 Å². The van der Waals surface area contributed by atoms with E-state index in [2.05, 4.69) is 10.4 Å². The Bertz CT molecular complexity index is 586. The monoisotopic (exact) mass is 272 g/mol. The Morgan fingerprint density at radius 1 is 1.35 bits per heavy atom. The summed E-state index contributed by atoms with van der Waals surface area (Å²) in [6.07, 6.45) is 1.74. The standard InChI is InChI=1S/C15H20N4O/c1-3-20-12-6-4-5-11(8-12)14(19-17)13-7-10(2)9-18-15(13)16/h4-9,14,19H,3,17H2,1-2H3,(H2,16,18). The van der Waals surface area contributed by atoms with Gasteiger partial charge in [0.25, 0.3) is 0 Å². The van der Waals surface area contributed by atoms with Crippen molar-refractivity contribution in [1.82, 2.24) is 10.4 Å². The van der Waals surface area contributed by atoms with E-state index in [4.69, 9.17) is 16.3 Å². The van der Waals surface area contributed by atoms with Crippen LogP contribution in [0.4, 0.5) is 5.82 Å². The molecule has 1 aromatic carbocycles. The average Bonchev–Trinajstić information content (AvgIpc) is 2.44. The predicted octanol–water partition coefficient (Wildman–Crippen LogP) is 1.92. The molecule has 0 aliphatic heterocycles. The Labute approximate surface area is 118 Å². The lowest BCUT2D eigenvalue weighted by molar-refractivity contribution is 0.339. The molecule has 0 saturated heterocycles. The number of anilines is 1. The zero-order valence-corrected chi connectivity index (χ0v) is 11.8. The molecule has 2 aromatic rings. The molecule has 1 heterocycles. The summed E-state index contributed by atoms with van der Waals surface area (Å²) in [4.78, 5) is 4.18. The van der Waals surface area contributed by atoms with E-state index in [1.54, 1.807) is 6.20 Å². The van der Waals surface area contributed by atoms with Gasteiger partial charge in [0.2, 0.25) is 0 Å². The molecular formula is C15H20N4O. The Hall–Kier alpha value is -2.11. The quantitative estimate of drug-likeness (QED) is 0.572. The molecule has 0 radical (unpaired) electrons. The second-order valence-electron chi connectivity index (χ2n) is 4.59. The summed E-state index contributed by atoms with van der Waals surface area (Å²) in [7, 11) is 0. The Kier molecular flexibility index (Phi) is 4.55. The van der Waals surface area contributed by atoms with Crippen molar-refractivity contribution in [3.63, 3.8) is 0 Å². The normalized spacial score (nSPS) is 12.2. The van der Waals surface area contributed by atoms with Crippen LogP contribution in [0.3, 0.4) is 0 Å². The molecule has 0 aliphatic carbocycles. The van der Waals surface area contributed by atoms with E-state index in [0.29, 0.717) is 12.4 Å². The van der Waals surface area contributed by atoms with Crippen molar-refractivity contribution in [2.75, 3.05) is 12.3 Å². The molecule has 5 heteroatoms. The third-order valence-corrected chi connectivity index (χ3v) is 3.07. The number of ether oxygens (including phenoxy) is 1. The van der Waals surface area contributed by atoms with Gasteiger partial charge in [0.05, 0.1) is 12.6 Å². The molecule has 0 amide bonds. The lowest BCUT2D eigenvalue weighted by Gasteiger charge is -2.19. The van der Waals surface area contributed by atoms with Crippen molar-refractivity contribution in [3.05, 3.63) is 53.2 Å². The summed E-state index contributed by atoms with van der Waals surface area (Å²) in [5.41, 5.74) is 11.6. The van der Waals surface area contributed by atoms with Gasteiger partial charge in [-0.15, -0.1) is 0 Å². The summed E-state index contributed by atoms with van der Waals surface area (Å²) in [5.74, 6) is 6.99. The number of nitrogens with one attached hydrogen (secondary N) is 1. The number of nitrogen functional groups attached to an aromatic ring is 1. The van der Waals surface area contributed by atoms with E-state index in [1.165, 1.54) is 0 Å². The number of hydrazine groups is 1. The largest absolute Gasteiger partial charge is 0.494 e. The SMILES string of the molecule is CCOc1cccc(C(NN)c2cc(C)cnc2N)c1. The molecule has 0 spiro atoms. The average molecular weight is 272 g/mol. The van der Waals surface area contributed by atoms with Gasteiger partial charge < -0.3 is 10.5 Å². The van der Waals surface area contributed by atoms with Crippen LogP contribution in [-0.2, 0) is 0 Å². The third-order valence-electron chi connectivity index (χ3n) is 3.07. The molecule has 0 aliphatic rings. The van der Waals surface area contributed by atoms with Crippen LogP contribution in [0.2, 0.25) is 0 Å². The molecule has 0 bridgehead atoms. The van der Waals surface area contributed by atoms with E-state index in [9.17, 15) is 0 Å². The number of benzene rings is 1.